The number of sulfone groups is 1. The Bertz CT molecular complexity index is 990. The topological polar surface area (TPSA) is 98.8 Å². The zero-order chi connectivity index (χ0) is 17.3. The van der Waals surface area contributed by atoms with E-state index in [-0.39, 0.29) is 28.4 Å². The van der Waals surface area contributed by atoms with E-state index < -0.39 is 9.84 Å². The smallest absolute Gasteiger partial charge is 0.267 e. The lowest BCUT2D eigenvalue weighted by Crippen LogP contribution is -2.09. The maximum atomic E-state index is 11.9. The molecule has 0 aliphatic heterocycles. The van der Waals surface area contributed by atoms with Crippen LogP contribution in [0.2, 0.25) is 5.02 Å². The second-order valence-electron chi connectivity index (χ2n) is 4.67. The van der Waals surface area contributed by atoms with Gasteiger partial charge in [-0.1, -0.05) is 18.5 Å². The van der Waals surface area contributed by atoms with E-state index in [0.29, 0.717) is 15.1 Å². The van der Waals surface area contributed by atoms with Gasteiger partial charge < -0.3 is 4.42 Å². The minimum absolute atomic E-state index is 0.0850. The summed E-state index contributed by atoms with van der Waals surface area (Å²) in [6.07, 6.45) is 1.34. The van der Waals surface area contributed by atoms with Gasteiger partial charge in [0, 0.05) is 16.8 Å². The minimum atomic E-state index is -3.54. The molecule has 0 saturated heterocycles. The number of benzene rings is 1. The maximum Gasteiger partial charge on any atom is 0.267 e. The van der Waals surface area contributed by atoms with Crippen LogP contribution in [0.1, 0.15) is 6.92 Å². The Labute approximate surface area is 151 Å². The second kappa shape index (κ2) is 6.58. The van der Waals surface area contributed by atoms with Gasteiger partial charge in [0.25, 0.3) is 5.89 Å². The molecule has 3 aromatic rings. The SMILES string of the molecule is CCS(=O)(=O)c1ncc(Br)c(-c2nnc(-c3ccc(Cl)cc3)o2)n1. The lowest BCUT2D eigenvalue weighted by Gasteiger charge is -2.02. The van der Waals surface area contributed by atoms with Crippen molar-refractivity contribution >= 4 is 37.4 Å². The number of hydrogen-bond acceptors (Lipinski definition) is 7. The van der Waals surface area contributed by atoms with Crippen LogP contribution in [-0.4, -0.2) is 34.3 Å². The minimum Gasteiger partial charge on any atom is -0.415 e. The van der Waals surface area contributed by atoms with Crippen molar-refractivity contribution in [2.75, 3.05) is 5.75 Å². The summed E-state index contributed by atoms with van der Waals surface area (Å²) in [4.78, 5) is 7.87. The van der Waals surface area contributed by atoms with E-state index in [0.717, 1.165) is 0 Å². The molecule has 2 heterocycles. The van der Waals surface area contributed by atoms with Crippen molar-refractivity contribution in [1.82, 2.24) is 20.2 Å². The van der Waals surface area contributed by atoms with E-state index in [1.165, 1.54) is 13.1 Å². The second-order valence-corrected chi connectivity index (χ2v) is 8.13. The van der Waals surface area contributed by atoms with Crippen molar-refractivity contribution < 1.29 is 12.8 Å². The average molecular weight is 430 g/mol. The van der Waals surface area contributed by atoms with Crippen LogP contribution in [0.25, 0.3) is 23.0 Å². The van der Waals surface area contributed by atoms with E-state index in [4.69, 9.17) is 16.0 Å². The highest BCUT2D eigenvalue weighted by Gasteiger charge is 2.21. The lowest BCUT2D eigenvalue weighted by atomic mass is 10.2. The molecule has 0 amide bonds. The molecule has 0 unspecified atom stereocenters. The normalized spacial score (nSPS) is 11.6. The van der Waals surface area contributed by atoms with Crippen LogP contribution in [0.4, 0.5) is 0 Å². The van der Waals surface area contributed by atoms with Crippen LogP contribution in [0.3, 0.4) is 0 Å². The third kappa shape index (κ3) is 3.33. The molecule has 0 radical (unpaired) electrons. The van der Waals surface area contributed by atoms with Crippen LogP contribution < -0.4 is 0 Å². The highest BCUT2D eigenvalue weighted by atomic mass is 79.9. The summed E-state index contributed by atoms with van der Waals surface area (Å²) in [7, 11) is -3.54. The monoisotopic (exact) mass is 428 g/mol. The molecule has 24 heavy (non-hydrogen) atoms. The number of aromatic nitrogens is 4. The molecule has 0 saturated carbocycles. The van der Waals surface area contributed by atoms with Gasteiger partial charge in [-0.25, -0.2) is 18.4 Å². The first kappa shape index (κ1) is 17.0. The van der Waals surface area contributed by atoms with Gasteiger partial charge in [0.2, 0.25) is 20.9 Å². The lowest BCUT2D eigenvalue weighted by molar-refractivity contribution is 0.576. The van der Waals surface area contributed by atoms with Crippen molar-refractivity contribution in [1.29, 1.82) is 0 Å². The van der Waals surface area contributed by atoms with Crippen molar-refractivity contribution in [2.24, 2.45) is 0 Å². The van der Waals surface area contributed by atoms with Crippen molar-refractivity contribution in [3.63, 3.8) is 0 Å². The van der Waals surface area contributed by atoms with Gasteiger partial charge in [0.05, 0.1) is 10.2 Å². The van der Waals surface area contributed by atoms with E-state index in [1.54, 1.807) is 24.3 Å². The molecular weight excluding hydrogens is 420 g/mol. The fraction of sp³-hybridized carbons (Fsp3) is 0.143. The fourth-order valence-electron chi connectivity index (χ4n) is 1.81. The molecule has 0 aliphatic carbocycles. The van der Waals surface area contributed by atoms with Gasteiger partial charge in [-0.15, -0.1) is 10.2 Å². The van der Waals surface area contributed by atoms with Gasteiger partial charge >= 0.3 is 0 Å². The molecular formula is C14H10BrClN4O3S. The van der Waals surface area contributed by atoms with Crippen molar-refractivity contribution in [3.05, 3.63) is 40.0 Å². The van der Waals surface area contributed by atoms with Crippen LogP contribution in [0.5, 0.6) is 0 Å². The Morgan fingerprint density at radius 3 is 2.50 bits per heavy atom. The summed E-state index contributed by atoms with van der Waals surface area (Å²) in [5.41, 5.74) is 0.898. The van der Waals surface area contributed by atoms with Crippen LogP contribution in [0.15, 0.2) is 44.5 Å². The van der Waals surface area contributed by atoms with E-state index >= 15 is 0 Å². The molecule has 1 aromatic carbocycles. The van der Waals surface area contributed by atoms with E-state index in [1.807, 2.05) is 0 Å². The fourth-order valence-corrected chi connectivity index (χ4v) is 3.00. The summed E-state index contributed by atoms with van der Waals surface area (Å²) >= 11 is 9.11. The molecule has 0 bridgehead atoms. The zero-order valence-electron chi connectivity index (χ0n) is 12.3. The molecule has 0 atom stereocenters. The van der Waals surface area contributed by atoms with Gasteiger partial charge in [-0.3, -0.25) is 0 Å². The molecule has 7 nitrogen and oxygen atoms in total. The standard InChI is InChI=1S/C14H10BrClN4O3S/c1-2-24(21,22)14-17-7-10(15)11(18-14)13-20-19-12(23-13)8-3-5-9(16)6-4-8/h3-7H,2H2,1H3. The van der Waals surface area contributed by atoms with E-state index in [9.17, 15) is 8.42 Å². The summed E-state index contributed by atoms with van der Waals surface area (Å²) in [5.74, 6) is 0.252. The molecule has 124 valence electrons. The Morgan fingerprint density at radius 1 is 1.17 bits per heavy atom. The Morgan fingerprint density at radius 2 is 1.83 bits per heavy atom. The van der Waals surface area contributed by atoms with Crippen molar-refractivity contribution in [3.8, 4) is 23.0 Å². The number of hydrogen-bond donors (Lipinski definition) is 0. The quantitative estimate of drug-likeness (QED) is 0.586. The molecule has 0 spiro atoms. The average Bonchev–Trinajstić information content (AvgIpc) is 3.05. The van der Waals surface area contributed by atoms with Gasteiger partial charge in [-0.2, -0.15) is 0 Å². The highest BCUT2D eigenvalue weighted by Crippen LogP contribution is 2.28. The zero-order valence-corrected chi connectivity index (χ0v) is 15.4. The van der Waals surface area contributed by atoms with Crippen LogP contribution in [-0.2, 0) is 9.84 Å². The number of halogens is 2. The first-order chi connectivity index (χ1) is 11.4. The maximum absolute atomic E-state index is 11.9. The molecule has 2 aromatic heterocycles. The summed E-state index contributed by atoms with van der Waals surface area (Å²) in [5, 5.41) is 8.19. The first-order valence-electron chi connectivity index (χ1n) is 6.76. The van der Waals surface area contributed by atoms with Crippen LogP contribution in [0, 0.1) is 0 Å². The third-order valence-electron chi connectivity index (χ3n) is 3.10. The largest absolute Gasteiger partial charge is 0.415 e. The summed E-state index contributed by atoms with van der Waals surface area (Å²) in [6.45, 7) is 1.52. The van der Waals surface area contributed by atoms with E-state index in [2.05, 4.69) is 36.1 Å². The first-order valence-corrected chi connectivity index (χ1v) is 9.58. The Kier molecular flexibility index (Phi) is 4.66. The molecule has 0 N–H and O–H groups in total. The van der Waals surface area contributed by atoms with Crippen LogP contribution >= 0.6 is 27.5 Å². The van der Waals surface area contributed by atoms with Gasteiger partial charge in [0.15, 0.2) is 0 Å². The molecule has 0 aliphatic rings. The number of rotatable bonds is 4. The Balaban J connectivity index is 2.04. The Hall–Kier alpha value is -1.84. The predicted molar refractivity (Wildman–Crippen MR) is 91.2 cm³/mol. The highest BCUT2D eigenvalue weighted by molar-refractivity contribution is 9.10. The molecule has 10 heteroatoms. The summed E-state index contributed by atoms with van der Waals surface area (Å²) < 4.78 is 29.9. The third-order valence-corrected chi connectivity index (χ3v) is 5.44. The van der Waals surface area contributed by atoms with Gasteiger partial charge in [-0.05, 0) is 40.2 Å². The number of nitrogens with zero attached hydrogens (tertiary/aromatic N) is 4. The predicted octanol–water partition coefficient (Wildman–Crippen LogP) is 3.40. The van der Waals surface area contributed by atoms with Crippen molar-refractivity contribution in [2.45, 2.75) is 12.1 Å². The van der Waals surface area contributed by atoms with Gasteiger partial charge in [0.1, 0.15) is 5.69 Å². The summed E-state index contributed by atoms with van der Waals surface area (Å²) in [6, 6.07) is 6.88. The molecule has 0 fully saturated rings. The molecule has 3 rings (SSSR count).